The van der Waals surface area contributed by atoms with E-state index < -0.39 is 17.1 Å². The Bertz CT molecular complexity index is 208. The molecule has 0 aliphatic carbocycles. The van der Waals surface area contributed by atoms with Crippen LogP contribution in [0.2, 0.25) is 0 Å². The second-order valence-corrected chi connectivity index (χ2v) is 3.39. The first-order chi connectivity index (χ1) is 5.57. The molecule has 0 aromatic heterocycles. The summed E-state index contributed by atoms with van der Waals surface area (Å²) in [5.41, 5.74) is 0. The molecule has 1 atom stereocenters. The highest BCUT2D eigenvalue weighted by Crippen LogP contribution is 2.34. The summed E-state index contributed by atoms with van der Waals surface area (Å²) in [7, 11) is 0. The van der Waals surface area contributed by atoms with Crippen molar-refractivity contribution in [1.29, 1.82) is 0 Å². The third kappa shape index (κ3) is 1.70. The summed E-state index contributed by atoms with van der Waals surface area (Å²) in [6.07, 6.45) is 0. The topological polar surface area (TPSA) is 72.8 Å². The minimum absolute atomic E-state index is 0.282. The first-order valence-electron chi connectivity index (χ1n) is 3.28. The number of aliphatic carboxylic acids is 1. The van der Waals surface area contributed by atoms with Gasteiger partial charge in [0.05, 0.1) is 6.61 Å². The van der Waals surface area contributed by atoms with Crippen molar-refractivity contribution in [2.75, 3.05) is 12.4 Å². The molecule has 1 saturated heterocycles. The van der Waals surface area contributed by atoms with Crippen molar-refractivity contribution < 1.29 is 24.2 Å². The molecule has 1 N–H and O–H groups in total. The molecule has 1 unspecified atom stereocenters. The van der Waals surface area contributed by atoms with Gasteiger partial charge in [-0.3, -0.25) is 4.79 Å². The number of carboxylic acids is 1. The number of rotatable bonds is 2. The molecule has 0 radical (unpaired) electrons. The fourth-order valence-corrected chi connectivity index (χ4v) is 1.71. The maximum atomic E-state index is 10.6. The molecule has 1 heterocycles. The highest BCUT2D eigenvalue weighted by Gasteiger charge is 2.48. The van der Waals surface area contributed by atoms with Crippen LogP contribution in [0.1, 0.15) is 6.92 Å². The van der Waals surface area contributed by atoms with Gasteiger partial charge >= 0.3 is 17.1 Å². The molecule has 1 rings (SSSR count). The Hall–Kier alpha value is -0.750. The van der Waals surface area contributed by atoms with E-state index in [0.29, 0.717) is 5.75 Å². The normalized spacial score (nSPS) is 28.4. The van der Waals surface area contributed by atoms with Crippen LogP contribution in [0.5, 0.6) is 0 Å². The number of hydrogen-bond acceptors (Lipinski definition) is 5. The van der Waals surface area contributed by atoms with Crippen LogP contribution in [0.25, 0.3) is 0 Å². The van der Waals surface area contributed by atoms with E-state index in [1.165, 1.54) is 0 Å². The first kappa shape index (κ1) is 9.34. The average Bonchev–Trinajstić information content (AvgIpc) is 2.35. The summed E-state index contributed by atoms with van der Waals surface area (Å²) in [6, 6.07) is 0. The number of hydrogen-bond donors (Lipinski definition) is 1. The molecule has 0 aromatic rings. The molecule has 12 heavy (non-hydrogen) atoms. The van der Waals surface area contributed by atoms with Gasteiger partial charge < -0.3 is 14.6 Å². The zero-order chi connectivity index (χ0) is 9.19. The summed E-state index contributed by atoms with van der Waals surface area (Å²) in [4.78, 5) is 21.2. The quantitative estimate of drug-likeness (QED) is 0.623. The van der Waals surface area contributed by atoms with E-state index in [0.717, 1.165) is 18.7 Å². The van der Waals surface area contributed by atoms with Gasteiger partial charge in [-0.1, -0.05) is 11.8 Å². The van der Waals surface area contributed by atoms with Crippen molar-refractivity contribution in [3.63, 3.8) is 0 Å². The molecule has 5 nitrogen and oxygen atoms in total. The molecule has 0 spiro atoms. The van der Waals surface area contributed by atoms with E-state index in [9.17, 15) is 9.59 Å². The maximum Gasteiger partial charge on any atom is 0.389 e. The highest BCUT2D eigenvalue weighted by molar-refractivity contribution is 8.01. The molecule has 0 saturated carbocycles. The van der Waals surface area contributed by atoms with E-state index in [-0.39, 0.29) is 6.61 Å². The van der Waals surface area contributed by atoms with Gasteiger partial charge in [-0.2, -0.15) is 0 Å². The molecule has 0 bridgehead atoms. The molecular formula is C6H8O5S. The smallest absolute Gasteiger partial charge is 0.389 e. The van der Waals surface area contributed by atoms with Gasteiger partial charge in [-0.15, -0.1) is 0 Å². The molecular weight excluding hydrogens is 184 g/mol. The van der Waals surface area contributed by atoms with Gasteiger partial charge in [0.25, 0.3) is 0 Å². The molecule has 6 heteroatoms. The van der Waals surface area contributed by atoms with E-state index in [1.54, 1.807) is 0 Å². The monoisotopic (exact) mass is 192 g/mol. The zero-order valence-corrected chi connectivity index (χ0v) is 7.22. The fraction of sp³-hybridized carbons (Fsp3) is 0.667. The zero-order valence-electron chi connectivity index (χ0n) is 6.40. The van der Waals surface area contributed by atoms with E-state index in [4.69, 9.17) is 9.84 Å². The standard InChI is InChI=1S/C6H8O5S/c1-4(7)11-6(5(8)9)10-2-3-12-6/h2-3H2,1H3,(H,8,9). The van der Waals surface area contributed by atoms with Crippen molar-refractivity contribution >= 4 is 23.7 Å². The Kier molecular flexibility index (Phi) is 2.58. The summed E-state index contributed by atoms with van der Waals surface area (Å²) in [6.45, 7) is 1.43. The third-order valence-corrected chi connectivity index (χ3v) is 2.33. The van der Waals surface area contributed by atoms with Gasteiger partial charge in [-0.25, -0.2) is 4.79 Å². The van der Waals surface area contributed by atoms with Gasteiger partial charge in [0.1, 0.15) is 0 Å². The molecule has 1 fully saturated rings. The summed E-state index contributed by atoms with van der Waals surface area (Å²) >= 11 is 0.961. The second kappa shape index (κ2) is 3.32. The summed E-state index contributed by atoms with van der Waals surface area (Å²) in [5, 5.41) is 6.89. The van der Waals surface area contributed by atoms with Crippen molar-refractivity contribution in [3.8, 4) is 0 Å². The van der Waals surface area contributed by atoms with Gasteiger partial charge in [-0.05, 0) is 0 Å². The van der Waals surface area contributed by atoms with Crippen LogP contribution in [0.3, 0.4) is 0 Å². The Balaban J connectivity index is 2.72. The van der Waals surface area contributed by atoms with Gasteiger partial charge in [0.2, 0.25) is 0 Å². The third-order valence-electron chi connectivity index (χ3n) is 1.21. The van der Waals surface area contributed by atoms with Crippen molar-refractivity contribution in [2.24, 2.45) is 0 Å². The van der Waals surface area contributed by atoms with E-state index >= 15 is 0 Å². The van der Waals surface area contributed by atoms with Crippen LogP contribution >= 0.6 is 11.8 Å². The lowest BCUT2D eigenvalue weighted by Gasteiger charge is -2.20. The first-order valence-corrected chi connectivity index (χ1v) is 4.26. The molecule has 1 aliphatic rings. The van der Waals surface area contributed by atoms with Gasteiger partial charge in [0.15, 0.2) is 0 Å². The summed E-state index contributed by atoms with van der Waals surface area (Å²) in [5.74, 6) is -1.42. The number of carboxylic acid groups (broad SMARTS) is 1. The van der Waals surface area contributed by atoms with Crippen LogP contribution in [-0.2, 0) is 19.1 Å². The molecule has 0 aromatic carbocycles. The number of carbonyl (C=O) groups excluding carboxylic acids is 1. The summed E-state index contributed by atoms with van der Waals surface area (Å²) < 4.78 is 9.40. The van der Waals surface area contributed by atoms with E-state index in [2.05, 4.69) is 4.74 Å². The minimum Gasteiger partial charge on any atom is -0.476 e. The van der Waals surface area contributed by atoms with Gasteiger partial charge in [0, 0.05) is 12.7 Å². The van der Waals surface area contributed by atoms with Crippen LogP contribution in [0, 0.1) is 0 Å². The van der Waals surface area contributed by atoms with Crippen molar-refractivity contribution in [2.45, 2.75) is 12.0 Å². The minimum atomic E-state index is -1.80. The largest absolute Gasteiger partial charge is 0.476 e. The van der Waals surface area contributed by atoms with Crippen LogP contribution in [-0.4, -0.2) is 34.5 Å². The maximum absolute atomic E-state index is 10.6. The molecule has 1 aliphatic heterocycles. The van der Waals surface area contributed by atoms with Crippen molar-refractivity contribution in [3.05, 3.63) is 0 Å². The molecule has 0 amide bonds. The van der Waals surface area contributed by atoms with E-state index in [1.807, 2.05) is 0 Å². The lowest BCUT2D eigenvalue weighted by molar-refractivity contribution is -0.202. The number of esters is 1. The Morgan fingerprint density at radius 2 is 2.33 bits per heavy atom. The average molecular weight is 192 g/mol. The Morgan fingerprint density at radius 1 is 1.67 bits per heavy atom. The SMILES string of the molecule is CC(=O)OC1(C(=O)O)OCCS1. The lowest BCUT2D eigenvalue weighted by atomic mass is 10.6. The van der Waals surface area contributed by atoms with Crippen LogP contribution < -0.4 is 0 Å². The highest BCUT2D eigenvalue weighted by atomic mass is 32.2. The predicted molar refractivity (Wildman–Crippen MR) is 40.5 cm³/mol. The lowest BCUT2D eigenvalue weighted by Crippen LogP contribution is -2.39. The number of ether oxygens (including phenoxy) is 2. The number of thioether (sulfide) groups is 1. The fourth-order valence-electron chi connectivity index (χ4n) is 0.809. The predicted octanol–water partition coefficient (Wildman–Crippen LogP) is 0.0513. The second-order valence-electron chi connectivity index (χ2n) is 2.15. The Labute approximate surface area is 73.0 Å². The van der Waals surface area contributed by atoms with Crippen LogP contribution in [0.15, 0.2) is 0 Å². The van der Waals surface area contributed by atoms with Crippen LogP contribution in [0.4, 0.5) is 0 Å². The number of carbonyl (C=O) groups is 2. The molecule has 68 valence electrons. The van der Waals surface area contributed by atoms with Crippen molar-refractivity contribution in [1.82, 2.24) is 0 Å². The Morgan fingerprint density at radius 3 is 2.67 bits per heavy atom.